The van der Waals surface area contributed by atoms with Crippen LogP contribution < -0.4 is 16.0 Å². The Hall–Kier alpha value is -3.35. The quantitative estimate of drug-likeness (QED) is 0.437. The fraction of sp³-hybridized carbons (Fsp3) is 0.630. The van der Waals surface area contributed by atoms with Gasteiger partial charge in [-0.15, -0.1) is 5.10 Å². The molecule has 1 aromatic carbocycles. The number of fused-ring (bicyclic) bond motifs is 1. The zero-order chi connectivity index (χ0) is 29.2. The zero-order valence-electron chi connectivity index (χ0n) is 23.2. The summed E-state index contributed by atoms with van der Waals surface area (Å²) in [5.41, 5.74) is -1.29. The molecule has 0 spiro atoms. The maximum absolute atomic E-state index is 13.4. The van der Waals surface area contributed by atoms with Crippen molar-refractivity contribution in [2.45, 2.75) is 77.2 Å². The summed E-state index contributed by atoms with van der Waals surface area (Å²) in [6.45, 7) is 8.69. The average molecular weight is 567 g/mol. The summed E-state index contributed by atoms with van der Waals surface area (Å²) in [4.78, 5) is 39.7. The van der Waals surface area contributed by atoms with Gasteiger partial charge in [0.2, 0.25) is 5.91 Å². The Bertz CT molecular complexity index is 1240. The van der Waals surface area contributed by atoms with Gasteiger partial charge in [-0.25, -0.2) is 4.79 Å². The molecule has 2 amide bonds. The average Bonchev–Trinajstić information content (AvgIpc) is 3.22. The molecule has 1 aliphatic heterocycles. The molecule has 13 heteroatoms. The molecule has 1 saturated heterocycles. The number of ether oxygens (including phenoxy) is 1. The summed E-state index contributed by atoms with van der Waals surface area (Å²) in [6, 6.07) is 2.74. The Kier molecular flexibility index (Phi) is 8.62. The third-order valence-corrected chi connectivity index (χ3v) is 7.21. The minimum absolute atomic E-state index is 0.00825. The van der Waals surface area contributed by atoms with Crippen molar-refractivity contribution in [3.05, 3.63) is 23.8 Å². The van der Waals surface area contributed by atoms with Crippen molar-refractivity contribution >= 4 is 34.6 Å². The molecular formula is C27H37F3N6O4. The number of nitrogens with one attached hydrogen (secondary N) is 3. The lowest BCUT2D eigenvalue weighted by Crippen LogP contribution is -2.63. The number of hydrogen-bond acceptors (Lipinski definition) is 7. The lowest BCUT2D eigenvalue weighted by Gasteiger charge is -2.46. The maximum Gasteiger partial charge on any atom is 0.416 e. The van der Waals surface area contributed by atoms with Crippen molar-refractivity contribution in [3.8, 4) is 0 Å². The third kappa shape index (κ3) is 7.04. The number of nitrogens with zero attached hydrogens (tertiary/aromatic N) is 3. The van der Waals surface area contributed by atoms with E-state index in [9.17, 15) is 27.6 Å². The number of rotatable bonds is 7. The number of hydrogen-bond donors (Lipinski definition) is 3. The van der Waals surface area contributed by atoms with Gasteiger partial charge >= 0.3 is 18.2 Å². The lowest BCUT2D eigenvalue weighted by molar-refractivity contribution is -0.149. The molecule has 2 fully saturated rings. The molecule has 220 valence electrons. The summed E-state index contributed by atoms with van der Waals surface area (Å²) in [5, 5.41) is 12.8. The molecule has 2 heterocycles. The monoisotopic (exact) mass is 566 g/mol. The van der Waals surface area contributed by atoms with Crippen LogP contribution in [0.1, 0.15) is 58.9 Å². The molecule has 0 bridgehead atoms. The molecule has 0 radical (unpaired) electrons. The molecule has 1 aromatic heterocycles. The number of carbonyl (C=O) groups is 3. The van der Waals surface area contributed by atoms with Crippen LogP contribution in [0.15, 0.2) is 18.2 Å². The van der Waals surface area contributed by atoms with Gasteiger partial charge in [-0.3, -0.25) is 14.5 Å². The van der Waals surface area contributed by atoms with E-state index in [1.807, 2.05) is 0 Å². The van der Waals surface area contributed by atoms with Crippen LogP contribution in [0.3, 0.4) is 0 Å². The molecular weight excluding hydrogens is 529 g/mol. The number of anilines is 1. The molecule has 1 saturated carbocycles. The van der Waals surface area contributed by atoms with E-state index >= 15 is 0 Å². The van der Waals surface area contributed by atoms with Crippen molar-refractivity contribution in [2.75, 3.05) is 31.6 Å². The Morgan fingerprint density at radius 1 is 1.07 bits per heavy atom. The van der Waals surface area contributed by atoms with Crippen LogP contribution in [0.2, 0.25) is 0 Å². The van der Waals surface area contributed by atoms with Gasteiger partial charge in [-0.1, -0.05) is 0 Å². The van der Waals surface area contributed by atoms with E-state index < -0.39 is 23.3 Å². The predicted molar refractivity (Wildman–Crippen MR) is 143 cm³/mol. The first kappa shape index (κ1) is 29.6. The number of alkyl halides is 3. The highest BCUT2D eigenvalue weighted by Crippen LogP contribution is 2.34. The number of likely N-dealkylation sites (tertiary alicyclic amines) is 1. The second-order valence-electron chi connectivity index (χ2n) is 11.5. The van der Waals surface area contributed by atoms with E-state index in [1.165, 1.54) is 6.07 Å². The van der Waals surface area contributed by atoms with Crippen molar-refractivity contribution in [2.24, 2.45) is 5.92 Å². The normalized spacial score (nSPS) is 20.6. The summed E-state index contributed by atoms with van der Waals surface area (Å²) >= 11 is 0. The van der Waals surface area contributed by atoms with Crippen molar-refractivity contribution in [3.63, 3.8) is 0 Å². The van der Waals surface area contributed by atoms with Crippen LogP contribution in [0.25, 0.3) is 10.9 Å². The van der Waals surface area contributed by atoms with Gasteiger partial charge in [0.1, 0.15) is 0 Å². The molecule has 0 atom stereocenters. The van der Waals surface area contributed by atoms with Gasteiger partial charge in [-0.2, -0.15) is 17.9 Å². The van der Waals surface area contributed by atoms with Crippen LogP contribution in [0.5, 0.6) is 0 Å². The number of benzene rings is 1. The van der Waals surface area contributed by atoms with E-state index in [2.05, 4.69) is 25.9 Å². The molecule has 3 N–H and O–H groups in total. The summed E-state index contributed by atoms with van der Waals surface area (Å²) in [5.74, 6) is -0.479. The summed E-state index contributed by atoms with van der Waals surface area (Å²) in [7, 11) is 0. The number of amides is 2. The van der Waals surface area contributed by atoms with Crippen LogP contribution in [-0.4, -0.2) is 76.5 Å². The first-order valence-electron chi connectivity index (χ1n) is 13.6. The first-order valence-corrected chi connectivity index (χ1v) is 13.6. The highest BCUT2D eigenvalue weighted by molar-refractivity contribution is 5.98. The fourth-order valence-corrected chi connectivity index (χ4v) is 5.24. The smallest absolute Gasteiger partial charge is 0.416 e. The van der Waals surface area contributed by atoms with Gasteiger partial charge in [0.15, 0.2) is 5.82 Å². The Morgan fingerprint density at radius 2 is 1.75 bits per heavy atom. The van der Waals surface area contributed by atoms with E-state index in [-0.39, 0.29) is 47.1 Å². The summed E-state index contributed by atoms with van der Waals surface area (Å²) < 4.78 is 46.3. The second kappa shape index (κ2) is 11.6. The second-order valence-corrected chi connectivity index (χ2v) is 11.5. The highest BCUT2D eigenvalue weighted by Gasteiger charge is 2.37. The minimum Gasteiger partial charge on any atom is -0.466 e. The Morgan fingerprint density at radius 3 is 2.35 bits per heavy atom. The third-order valence-electron chi connectivity index (χ3n) is 7.21. The van der Waals surface area contributed by atoms with Gasteiger partial charge in [0.25, 0.3) is 0 Å². The zero-order valence-corrected chi connectivity index (χ0v) is 23.2. The maximum atomic E-state index is 13.4. The van der Waals surface area contributed by atoms with Crippen LogP contribution in [-0.2, 0) is 20.5 Å². The van der Waals surface area contributed by atoms with Crippen molar-refractivity contribution < 1.29 is 32.3 Å². The standard InChI is InChI=1S/C27H37F3N6O4/c1-5-40-24(38)16-6-9-19(10-7-16)35-14-18(15-35)32-22(37)13-31-23-20-12-17(27(28,29)30)8-11-21(20)36(34-23)25(39)33-26(2,3)4/h8,11-12,16,18-19H,5-7,9-10,13-15H2,1-4H3,(H,31,34)(H,32,37)(H,33,39). The van der Waals surface area contributed by atoms with Crippen molar-refractivity contribution in [1.29, 1.82) is 0 Å². The summed E-state index contributed by atoms with van der Waals surface area (Å²) in [6.07, 6.45) is -1.17. The SMILES string of the molecule is CCOC(=O)C1CCC(N2CC(NC(=O)CNc3nn(C(=O)NC(C)(C)C)c4ccc(C(F)(F)F)cc34)C2)CC1. The molecule has 40 heavy (non-hydrogen) atoms. The van der Waals surface area contributed by atoms with E-state index in [4.69, 9.17) is 4.74 Å². The molecule has 0 unspecified atom stereocenters. The molecule has 4 rings (SSSR count). The van der Waals surface area contributed by atoms with Crippen molar-refractivity contribution in [1.82, 2.24) is 25.3 Å². The largest absolute Gasteiger partial charge is 0.466 e. The van der Waals surface area contributed by atoms with Gasteiger partial charge < -0.3 is 20.7 Å². The molecule has 1 aliphatic carbocycles. The van der Waals surface area contributed by atoms with Crippen LogP contribution in [0, 0.1) is 5.92 Å². The highest BCUT2D eigenvalue weighted by atomic mass is 19.4. The molecule has 10 nitrogen and oxygen atoms in total. The molecule has 2 aliphatic rings. The first-order chi connectivity index (χ1) is 18.7. The van der Waals surface area contributed by atoms with Crippen LogP contribution >= 0.6 is 0 Å². The number of halogens is 3. The van der Waals surface area contributed by atoms with Gasteiger partial charge in [-0.05, 0) is 71.6 Å². The Balaban J connectivity index is 1.33. The number of carbonyl (C=O) groups excluding carboxylic acids is 3. The molecule has 2 aromatic rings. The van der Waals surface area contributed by atoms with E-state index in [0.29, 0.717) is 25.7 Å². The van der Waals surface area contributed by atoms with Crippen LogP contribution in [0.4, 0.5) is 23.8 Å². The number of aromatic nitrogens is 2. The van der Waals surface area contributed by atoms with E-state index in [1.54, 1.807) is 27.7 Å². The van der Waals surface area contributed by atoms with Gasteiger partial charge in [0.05, 0.1) is 36.2 Å². The topological polar surface area (TPSA) is 118 Å². The predicted octanol–water partition coefficient (Wildman–Crippen LogP) is 3.75. The van der Waals surface area contributed by atoms with E-state index in [0.717, 1.165) is 42.5 Å². The fourth-order valence-electron chi connectivity index (χ4n) is 5.24. The lowest BCUT2D eigenvalue weighted by atomic mass is 9.84. The van der Waals surface area contributed by atoms with Gasteiger partial charge in [0, 0.05) is 30.1 Å². The Labute approximate surface area is 231 Å². The number of esters is 1. The minimum atomic E-state index is -4.58.